The Hall–Kier alpha value is -4.50. The van der Waals surface area contributed by atoms with Crippen molar-refractivity contribution in [3.63, 3.8) is 0 Å². The Morgan fingerprint density at radius 1 is 1.12 bits per heavy atom. The molecule has 4 aromatic rings. The zero-order valence-corrected chi connectivity index (χ0v) is 24.0. The van der Waals surface area contributed by atoms with Crippen LogP contribution in [0.15, 0.2) is 67.0 Å². The van der Waals surface area contributed by atoms with Crippen LogP contribution in [0.4, 0.5) is 10.5 Å². The molecule has 1 fully saturated rings. The number of halogens is 1. The van der Waals surface area contributed by atoms with Crippen LogP contribution in [-0.4, -0.2) is 53.8 Å². The maximum Gasteiger partial charge on any atom is 0.414 e. The van der Waals surface area contributed by atoms with Gasteiger partial charge in [-0.05, 0) is 72.7 Å². The summed E-state index contributed by atoms with van der Waals surface area (Å²) < 4.78 is 17.9. The number of benzene rings is 3. The fraction of sp³-hybridized carbons (Fsp3) is 0.281. The number of carbonyl (C=O) groups is 2. The van der Waals surface area contributed by atoms with Crippen LogP contribution >= 0.6 is 11.6 Å². The van der Waals surface area contributed by atoms with Gasteiger partial charge >= 0.3 is 12.1 Å². The molecule has 0 spiro atoms. The lowest BCUT2D eigenvalue weighted by Gasteiger charge is -2.29. The van der Waals surface area contributed by atoms with E-state index in [1.807, 2.05) is 43.5 Å². The third kappa shape index (κ3) is 5.39. The highest BCUT2D eigenvalue weighted by molar-refractivity contribution is 6.31. The molecule has 1 aliphatic heterocycles. The summed E-state index contributed by atoms with van der Waals surface area (Å²) in [5, 5.41) is 15.5. The molecule has 3 aromatic carbocycles. The van der Waals surface area contributed by atoms with E-state index < -0.39 is 12.1 Å². The molecule has 216 valence electrons. The van der Waals surface area contributed by atoms with Gasteiger partial charge in [0.15, 0.2) is 0 Å². The first-order chi connectivity index (χ1) is 20.3. The Bertz CT molecular complexity index is 1670. The van der Waals surface area contributed by atoms with E-state index in [9.17, 15) is 14.7 Å². The van der Waals surface area contributed by atoms with E-state index in [0.717, 1.165) is 34.4 Å². The van der Waals surface area contributed by atoms with Gasteiger partial charge in [0.2, 0.25) is 0 Å². The number of rotatable bonds is 8. The molecule has 1 aliphatic carbocycles. The highest BCUT2D eigenvalue weighted by Gasteiger charge is 2.48. The Morgan fingerprint density at radius 3 is 2.79 bits per heavy atom. The number of hydrogen-bond donors (Lipinski definition) is 1. The Labute approximate surface area is 248 Å². The second-order valence-corrected chi connectivity index (χ2v) is 10.9. The molecule has 42 heavy (non-hydrogen) atoms. The molecule has 0 saturated heterocycles. The number of fused-ring (bicyclic) bond motifs is 3. The molecule has 10 heteroatoms. The zero-order valence-electron chi connectivity index (χ0n) is 23.2. The minimum absolute atomic E-state index is 0.0693. The monoisotopic (exact) mass is 587 g/mol. The van der Waals surface area contributed by atoms with Crippen LogP contribution < -0.4 is 9.64 Å². The maximum absolute atomic E-state index is 13.2. The summed E-state index contributed by atoms with van der Waals surface area (Å²) in [7, 11) is 1.32. The molecule has 6 rings (SSSR count). The van der Waals surface area contributed by atoms with E-state index in [1.165, 1.54) is 19.2 Å². The van der Waals surface area contributed by atoms with E-state index >= 15 is 0 Å². The number of ether oxygens (including phenoxy) is 3. The van der Waals surface area contributed by atoms with Crippen molar-refractivity contribution in [2.45, 2.75) is 25.8 Å². The fourth-order valence-electron chi connectivity index (χ4n) is 5.56. The number of methoxy groups -OCH3 is 1. The summed E-state index contributed by atoms with van der Waals surface area (Å²) in [6, 6.07) is 16.0. The molecule has 1 aromatic heterocycles. The van der Waals surface area contributed by atoms with Gasteiger partial charge in [0.05, 0.1) is 31.1 Å². The van der Waals surface area contributed by atoms with Crippen molar-refractivity contribution in [1.82, 2.24) is 9.78 Å². The Balaban J connectivity index is 1.17. The second kappa shape index (κ2) is 11.4. The average Bonchev–Trinajstić information content (AvgIpc) is 3.65. The number of hydrogen-bond acceptors (Lipinski definition) is 7. The van der Waals surface area contributed by atoms with Crippen molar-refractivity contribution < 1.29 is 28.9 Å². The highest BCUT2D eigenvalue weighted by Crippen LogP contribution is 2.57. The lowest BCUT2D eigenvalue weighted by molar-refractivity contribution is 0.0600. The summed E-state index contributed by atoms with van der Waals surface area (Å²) in [4.78, 5) is 26.9. The van der Waals surface area contributed by atoms with Gasteiger partial charge in [-0.2, -0.15) is 5.10 Å². The SMILES string of the molecule is COC(=O)c1ccc(O)c(Cn2cc(-c3cccc4c3[C@H]3C[C@H]3CN4C(=O)OCCOc3cccc(Cl)c3C)cn2)c1. The molecule has 2 heterocycles. The number of aromatic nitrogens is 2. The third-order valence-corrected chi connectivity index (χ3v) is 8.28. The normalized spacial score (nSPS) is 16.8. The largest absolute Gasteiger partial charge is 0.508 e. The van der Waals surface area contributed by atoms with Gasteiger partial charge < -0.3 is 19.3 Å². The van der Waals surface area contributed by atoms with Crippen LogP contribution in [0.3, 0.4) is 0 Å². The van der Waals surface area contributed by atoms with Gasteiger partial charge in [-0.15, -0.1) is 0 Å². The maximum atomic E-state index is 13.2. The van der Waals surface area contributed by atoms with E-state index in [0.29, 0.717) is 40.3 Å². The second-order valence-electron chi connectivity index (χ2n) is 10.5. The molecular formula is C32H30ClN3O6. The zero-order chi connectivity index (χ0) is 29.4. The number of nitrogens with zero attached hydrogens (tertiary/aromatic N) is 3. The van der Waals surface area contributed by atoms with Crippen LogP contribution in [0.25, 0.3) is 11.1 Å². The van der Waals surface area contributed by atoms with Gasteiger partial charge in [-0.3, -0.25) is 9.58 Å². The molecular weight excluding hydrogens is 558 g/mol. The predicted molar refractivity (Wildman–Crippen MR) is 157 cm³/mol. The van der Waals surface area contributed by atoms with Crippen molar-refractivity contribution in [1.29, 1.82) is 0 Å². The highest BCUT2D eigenvalue weighted by atomic mass is 35.5. The molecule has 0 bridgehead atoms. The van der Waals surface area contributed by atoms with Crippen molar-refractivity contribution in [3.8, 4) is 22.6 Å². The Kier molecular flexibility index (Phi) is 7.51. The lowest BCUT2D eigenvalue weighted by atomic mass is 9.93. The van der Waals surface area contributed by atoms with Crippen LogP contribution in [0.1, 0.15) is 39.4 Å². The minimum Gasteiger partial charge on any atom is -0.508 e. The number of esters is 1. The molecule has 1 amide bonds. The van der Waals surface area contributed by atoms with Gasteiger partial charge in [0.1, 0.15) is 24.7 Å². The van der Waals surface area contributed by atoms with Gasteiger partial charge in [-0.1, -0.05) is 29.8 Å². The topological polar surface area (TPSA) is 103 Å². The summed E-state index contributed by atoms with van der Waals surface area (Å²) in [6.45, 7) is 3.10. The molecule has 0 radical (unpaired) electrons. The lowest BCUT2D eigenvalue weighted by Crippen LogP contribution is -2.37. The van der Waals surface area contributed by atoms with Crippen LogP contribution in [0.5, 0.6) is 11.5 Å². The van der Waals surface area contributed by atoms with Crippen molar-refractivity contribution in [2.75, 3.05) is 31.8 Å². The van der Waals surface area contributed by atoms with E-state index in [4.69, 9.17) is 25.8 Å². The predicted octanol–water partition coefficient (Wildman–Crippen LogP) is 6.19. The Morgan fingerprint density at radius 2 is 1.95 bits per heavy atom. The average molecular weight is 588 g/mol. The molecule has 2 aliphatic rings. The quantitative estimate of drug-likeness (QED) is 0.194. The van der Waals surface area contributed by atoms with Gasteiger partial charge in [0, 0.05) is 34.5 Å². The molecule has 0 unspecified atom stereocenters. The standard InChI is InChI=1S/C32H30ClN3O6/c1-19-26(33)6-4-8-29(19)41-11-12-42-32(39)36-18-21-14-25(21)30-24(5-3-7-27(30)36)23-15-34-35(17-23)16-22-13-20(31(38)40-2)9-10-28(22)37/h3-10,13,15,17,21,25,37H,11-12,14,16,18H2,1-2H3/t21-,25-/m0/s1. The van der Waals surface area contributed by atoms with Crippen molar-refractivity contribution in [2.24, 2.45) is 5.92 Å². The molecule has 1 saturated carbocycles. The molecule has 2 atom stereocenters. The summed E-state index contributed by atoms with van der Waals surface area (Å²) in [6.07, 6.45) is 4.29. The third-order valence-electron chi connectivity index (χ3n) is 7.87. The summed E-state index contributed by atoms with van der Waals surface area (Å²) >= 11 is 6.16. The number of phenols is 1. The van der Waals surface area contributed by atoms with Crippen molar-refractivity contribution >= 4 is 29.4 Å². The first-order valence-electron chi connectivity index (χ1n) is 13.7. The first-order valence-corrected chi connectivity index (χ1v) is 14.1. The van der Waals surface area contributed by atoms with Gasteiger partial charge in [0.25, 0.3) is 0 Å². The molecule has 9 nitrogen and oxygen atoms in total. The van der Waals surface area contributed by atoms with E-state index in [-0.39, 0.29) is 25.5 Å². The van der Waals surface area contributed by atoms with E-state index in [1.54, 1.807) is 27.9 Å². The number of anilines is 1. The fourth-order valence-corrected chi connectivity index (χ4v) is 5.73. The number of phenolic OH excluding ortho intramolecular Hbond substituents is 1. The smallest absolute Gasteiger partial charge is 0.414 e. The van der Waals surface area contributed by atoms with Crippen LogP contribution in [0, 0.1) is 12.8 Å². The van der Waals surface area contributed by atoms with Crippen LogP contribution in [-0.2, 0) is 16.0 Å². The summed E-state index contributed by atoms with van der Waals surface area (Å²) in [5.41, 5.74) is 5.63. The van der Waals surface area contributed by atoms with Crippen molar-refractivity contribution in [3.05, 3.63) is 94.3 Å². The first kappa shape index (κ1) is 27.7. The number of carbonyl (C=O) groups excluding carboxylic acids is 2. The minimum atomic E-state index is -0.473. The van der Waals surface area contributed by atoms with Gasteiger partial charge in [-0.25, -0.2) is 9.59 Å². The van der Waals surface area contributed by atoms with E-state index in [2.05, 4.69) is 5.10 Å². The number of amides is 1. The van der Waals surface area contributed by atoms with Crippen LogP contribution in [0.2, 0.25) is 5.02 Å². The molecule has 1 N–H and O–H groups in total. The number of aromatic hydroxyl groups is 1. The summed E-state index contributed by atoms with van der Waals surface area (Å²) in [5.74, 6) is 1.02.